The first-order valence-corrected chi connectivity index (χ1v) is 45.4. The van der Waals surface area contributed by atoms with Crippen molar-refractivity contribution in [3.63, 3.8) is 0 Å². The first kappa shape index (κ1) is 81.0. The summed E-state index contributed by atoms with van der Waals surface area (Å²) in [6.45, 7) is 0. The number of anilines is 5. The van der Waals surface area contributed by atoms with E-state index in [2.05, 4.69) is 470 Å². The molecular weight excluding hydrogens is 1690 g/mol. The number of hydrogen-bond acceptors (Lipinski definition) is 4. The summed E-state index contributed by atoms with van der Waals surface area (Å²) in [7, 11) is 0. The van der Waals surface area contributed by atoms with Gasteiger partial charge in [-0.25, -0.2) is 0 Å². The molecule has 0 radical (unpaired) electrons. The van der Waals surface area contributed by atoms with E-state index in [1.165, 1.54) is 109 Å². The minimum Gasteiger partial charge on any atom is -0.455 e. The van der Waals surface area contributed by atoms with Crippen LogP contribution in [0.4, 0.5) is 28.4 Å². The van der Waals surface area contributed by atoms with E-state index >= 15 is 0 Å². The van der Waals surface area contributed by atoms with Crippen LogP contribution in [0.5, 0.6) is 0 Å². The van der Waals surface area contributed by atoms with Crippen LogP contribution in [0.2, 0.25) is 5.02 Å². The van der Waals surface area contributed by atoms with Crippen LogP contribution < -0.4 is 10.2 Å². The highest BCUT2D eigenvalue weighted by atomic mass is 127. The molecule has 0 bridgehead atoms. The Morgan fingerprint density at radius 2 is 0.484 bits per heavy atom. The molecule has 610 valence electrons. The SMILES string of the molecule is C.CI.Clc1ccc2c(c1)c1ccccc1c1c(-c3ccccc3)c(-c3ccccc3)oc21.c1ccc(-c2oc3c4ccc(N(c5ccc(-c6ccc7ccccc7c6)cc5)c5ccc(-c6ccc7ccccc7c6)cc5)cc4c4ccccc4c3c2-c2ccccc2)cc1.c1ccc2cc(-c3ccc(Nc4ccc(-c5ccc6ccccc6c5)cc4)cc3)ccc2c1. The van der Waals surface area contributed by atoms with Gasteiger partial charge in [-0.05, 0) is 245 Å². The van der Waals surface area contributed by atoms with Gasteiger partial charge in [-0.2, -0.15) is 0 Å². The molecule has 4 nitrogen and oxygen atoms in total. The van der Waals surface area contributed by atoms with E-state index in [4.69, 9.17) is 20.4 Å². The minimum atomic E-state index is 0. The number of nitrogens with zero attached hydrogens (tertiary/aromatic N) is 1. The van der Waals surface area contributed by atoms with Gasteiger partial charge in [-0.1, -0.05) is 406 Å². The van der Waals surface area contributed by atoms with Gasteiger partial charge in [0.25, 0.3) is 0 Å². The maximum Gasteiger partial charge on any atom is 0.143 e. The van der Waals surface area contributed by atoms with E-state index in [9.17, 15) is 0 Å². The third kappa shape index (κ3) is 16.0. The highest BCUT2D eigenvalue weighted by Crippen LogP contribution is 2.51. The van der Waals surface area contributed by atoms with Gasteiger partial charge >= 0.3 is 0 Å². The summed E-state index contributed by atoms with van der Waals surface area (Å²) in [6.07, 6.45) is 0. The van der Waals surface area contributed by atoms with Gasteiger partial charge in [0.2, 0.25) is 0 Å². The van der Waals surface area contributed by atoms with Crippen molar-refractivity contribution in [2.24, 2.45) is 0 Å². The van der Waals surface area contributed by atoms with Crippen molar-refractivity contribution < 1.29 is 8.83 Å². The smallest absolute Gasteiger partial charge is 0.143 e. The number of fused-ring (bicyclic) bond motifs is 16. The zero-order valence-corrected chi connectivity index (χ0v) is 72.5. The molecule has 2 heterocycles. The van der Waals surface area contributed by atoms with Crippen LogP contribution in [-0.4, -0.2) is 4.93 Å². The zero-order valence-electron chi connectivity index (χ0n) is 69.6. The summed E-state index contributed by atoms with van der Waals surface area (Å²) in [6, 6.07) is 168. The molecule has 128 heavy (non-hydrogen) atoms. The molecule has 24 aromatic rings. The van der Waals surface area contributed by atoms with Crippen molar-refractivity contribution in [2.45, 2.75) is 7.43 Å². The Hall–Kier alpha value is -15.4. The number of halogens is 2. The van der Waals surface area contributed by atoms with Crippen LogP contribution in [0, 0.1) is 0 Å². The highest BCUT2D eigenvalue weighted by Gasteiger charge is 2.26. The number of nitrogens with one attached hydrogen (secondary N) is 1. The molecule has 0 amide bonds. The second-order valence-electron chi connectivity index (χ2n) is 32.0. The Balaban J connectivity index is 0.000000131. The van der Waals surface area contributed by atoms with E-state index < -0.39 is 0 Å². The summed E-state index contributed by atoms with van der Waals surface area (Å²) in [5.74, 6) is 1.78. The molecule has 0 aliphatic rings. The predicted molar refractivity (Wildman–Crippen MR) is 558 cm³/mol. The lowest BCUT2D eigenvalue weighted by Crippen LogP contribution is -2.10. The maximum absolute atomic E-state index is 7.08. The normalized spacial score (nSPS) is 11.2. The molecule has 1 N–H and O–H groups in total. The van der Waals surface area contributed by atoms with Crippen molar-refractivity contribution in [2.75, 3.05) is 15.1 Å². The Labute approximate surface area is 763 Å². The van der Waals surface area contributed by atoms with Crippen LogP contribution in [0.15, 0.2) is 482 Å². The highest BCUT2D eigenvalue weighted by molar-refractivity contribution is 14.1. The Bertz CT molecular complexity index is 7920. The van der Waals surface area contributed by atoms with Crippen LogP contribution >= 0.6 is 34.2 Å². The topological polar surface area (TPSA) is 41.6 Å². The summed E-state index contributed by atoms with van der Waals surface area (Å²) in [5, 5.41) is 25.7. The fraction of sp³-hybridized carbons (Fsp3) is 0.0164. The van der Waals surface area contributed by atoms with E-state index in [1.54, 1.807) is 0 Å². The fourth-order valence-electron chi connectivity index (χ4n) is 18.2. The van der Waals surface area contributed by atoms with Gasteiger partial charge in [0.15, 0.2) is 0 Å². The summed E-state index contributed by atoms with van der Waals surface area (Å²) in [4.78, 5) is 4.34. The Morgan fingerprint density at radius 1 is 0.211 bits per heavy atom. The second kappa shape index (κ2) is 36.1. The fourth-order valence-corrected chi connectivity index (χ4v) is 18.4. The lowest BCUT2D eigenvalue weighted by molar-refractivity contribution is 0.635. The zero-order chi connectivity index (χ0) is 85.1. The molecule has 24 rings (SSSR count). The standard InChI is InChI=1S/C60H39NO.C32H23N.C28H17ClO.CH3I.CH4/c1-3-15-44(16-4-1)57-58-54-22-12-11-21-53(54)56-39-52(35-36-55(56)60(58)62-59(57)45-17-5-2-6-18-45)61(50-31-27-42(28-32-50)48-25-23-40-13-7-9-19-46(40)37-48)51-33-29-43(30-34-51)49-26-24-41-14-8-10-20-47(41)38-49;1-3-7-27-21-29(11-9-23(27)5-1)25-13-17-31(18-14-25)33-32-19-15-26(16-20-32)30-12-10-24-6-2-4-8-28(24)22-30;29-20-15-16-23-24(17-20)21-13-7-8-14-22(21)26-25(18-9-3-1-4-10-18)27(30-28(23)26)19-11-5-2-6-12-19;1-2;/h1-39H;1-22,33H;1-17H;1H3;1H4. The third-order valence-corrected chi connectivity index (χ3v) is 24.6. The van der Waals surface area contributed by atoms with Gasteiger partial charge in [-0.3, -0.25) is 0 Å². The molecule has 0 aliphatic heterocycles. The van der Waals surface area contributed by atoms with Crippen LogP contribution in [0.25, 0.3) is 198 Å². The van der Waals surface area contributed by atoms with E-state index in [-0.39, 0.29) is 7.43 Å². The molecule has 0 saturated carbocycles. The van der Waals surface area contributed by atoms with Gasteiger partial charge in [-0.15, -0.1) is 0 Å². The van der Waals surface area contributed by atoms with Crippen molar-refractivity contribution in [1.82, 2.24) is 0 Å². The molecular formula is C122H86ClIN2O2. The van der Waals surface area contributed by atoms with Gasteiger partial charge in [0, 0.05) is 77.3 Å². The molecule has 0 atom stereocenters. The van der Waals surface area contributed by atoms with Crippen molar-refractivity contribution in [1.29, 1.82) is 0 Å². The van der Waals surface area contributed by atoms with Crippen molar-refractivity contribution >= 4 is 171 Å². The molecule has 0 unspecified atom stereocenters. The largest absolute Gasteiger partial charge is 0.455 e. The number of hydrogen-bond donors (Lipinski definition) is 1. The lowest BCUT2D eigenvalue weighted by atomic mass is 9.92. The summed E-state index contributed by atoms with van der Waals surface area (Å²) < 4.78 is 13.7. The predicted octanol–water partition coefficient (Wildman–Crippen LogP) is 36.7. The summed E-state index contributed by atoms with van der Waals surface area (Å²) in [5.41, 5.74) is 23.5. The molecule has 0 fully saturated rings. The molecule has 22 aromatic carbocycles. The van der Waals surface area contributed by atoms with Crippen molar-refractivity contribution in [3.8, 4) is 89.4 Å². The molecule has 0 spiro atoms. The van der Waals surface area contributed by atoms with Crippen LogP contribution in [-0.2, 0) is 0 Å². The molecule has 2 aromatic heterocycles. The second-order valence-corrected chi connectivity index (χ2v) is 32.4. The van der Waals surface area contributed by atoms with Gasteiger partial charge < -0.3 is 19.1 Å². The number of rotatable bonds is 13. The number of benzene rings is 22. The minimum absolute atomic E-state index is 0. The quantitative estimate of drug-likeness (QED) is 0.0710. The first-order chi connectivity index (χ1) is 62.9. The van der Waals surface area contributed by atoms with Gasteiger partial charge in [0.05, 0.1) is 0 Å². The monoisotopic (exact) mass is 1770 g/mol. The van der Waals surface area contributed by atoms with E-state index in [1.807, 2.05) is 41.3 Å². The molecule has 0 saturated heterocycles. The lowest BCUT2D eigenvalue weighted by Gasteiger charge is -2.26. The molecule has 6 heteroatoms. The van der Waals surface area contributed by atoms with Crippen LogP contribution in [0.3, 0.4) is 0 Å². The van der Waals surface area contributed by atoms with Gasteiger partial charge in [0.1, 0.15) is 22.7 Å². The molecule has 0 aliphatic carbocycles. The summed E-state index contributed by atoms with van der Waals surface area (Å²) >= 11 is 8.52. The number of furan rings is 2. The first-order valence-electron chi connectivity index (χ1n) is 42.9. The maximum atomic E-state index is 7.08. The van der Waals surface area contributed by atoms with Crippen molar-refractivity contribution in [3.05, 3.63) is 478 Å². The Kier molecular flexibility index (Phi) is 22.8. The van der Waals surface area contributed by atoms with E-state index in [0.717, 1.165) is 122 Å². The third-order valence-electron chi connectivity index (χ3n) is 24.4. The van der Waals surface area contributed by atoms with Crippen LogP contribution in [0.1, 0.15) is 7.43 Å². The Morgan fingerprint density at radius 3 is 0.836 bits per heavy atom. The number of alkyl halides is 1. The average molecular weight is 1770 g/mol. The average Bonchev–Trinajstić information content (AvgIpc) is 1.58. The van der Waals surface area contributed by atoms with E-state index in [0.29, 0.717) is 0 Å².